The first-order valence-electron chi connectivity index (χ1n) is 9.90. The maximum atomic E-state index is 13.5. The summed E-state index contributed by atoms with van der Waals surface area (Å²) in [5, 5.41) is 10.5. The summed E-state index contributed by atoms with van der Waals surface area (Å²) in [6.45, 7) is 0.322. The zero-order chi connectivity index (χ0) is 22.3. The third-order valence-corrected chi connectivity index (χ3v) is 7.33. The van der Waals surface area contributed by atoms with Gasteiger partial charge in [0.25, 0.3) is 5.91 Å². The summed E-state index contributed by atoms with van der Waals surface area (Å²) in [7, 11) is -3.84. The summed E-state index contributed by atoms with van der Waals surface area (Å²) in [4.78, 5) is 16.9. The maximum Gasteiger partial charge on any atom is 0.256 e. The van der Waals surface area contributed by atoms with Gasteiger partial charge in [0.15, 0.2) is 5.82 Å². The predicted molar refractivity (Wildman–Crippen MR) is 116 cm³/mol. The van der Waals surface area contributed by atoms with Gasteiger partial charge in [0.2, 0.25) is 10.0 Å². The molecule has 1 aliphatic rings. The summed E-state index contributed by atoms with van der Waals surface area (Å²) < 4.78 is 41.4. The van der Waals surface area contributed by atoms with E-state index < -0.39 is 21.7 Å². The van der Waals surface area contributed by atoms with Crippen molar-refractivity contribution in [3.05, 3.63) is 83.4 Å². The number of hydrogen-bond donors (Lipinski definition) is 2. The van der Waals surface area contributed by atoms with Crippen molar-refractivity contribution in [3.8, 4) is 0 Å². The van der Waals surface area contributed by atoms with Gasteiger partial charge in [-0.15, -0.1) is 0 Å². The number of para-hydroxylation sites is 1. The van der Waals surface area contributed by atoms with Gasteiger partial charge in [0.05, 0.1) is 5.52 Å². The second-order valence-corrected chi connectivity index (χ2v) is 9.32. The number of anilines is 1. The van der Waals surface area contributed by atoms with E-state index in [1.165, 1.54) is 28.6 Å². The fourth-order valence-corrected chi connectivity index (χ4v) is 5.36. The number of carbonyl (C=O) groups is 1. The number of benzene rings is 2. The second-order valence-electron chi connectivity index (χ2n) is 7.41. The third kappa shape index (κ3) is 3.53. The van der Waals surface area contributed by atoms with Crippen LogP contribution in [0.4, 0.5) is 10.2 Å². The minimum atomic E-state index is -3.84. The molecule has 2 aromatic heterocycles. The average molecular weight is 451 g/mol. The van der Waals surface area contributed by atoms with E-state index in [1.807, 2.05) is 12.1 Å². The SMILES string of the molecule is O=C(Nc1n[nH]c2c1CN(S(=O)(=O)c1cccc3cccnc13)CC2)c1ccc(F)cc1. The van der Waals surface area contributed by atoms with Gasteiger partial charge in [-0.1, -0.05) is 18.2 Å². The van der Waals surface area contributed by atoms with Crippen LogP contribution in [-0.2, 0) is 23.0 Å². The quantitative estimate of drug-likeness (QED) is 0.496. The van der Waals surface area contributed by atoms with E-state index in [0.717, 1.165) is 11.1 Å². The van der Waals surface area contributed by atoms with Gasteiger partial charge in [-0.05, 0) is 36.4 Å². The lowest BCUT2D eigenvalue weighted by atomic mass is 10.1. The van der Waals surface area contributed by atoms with Gasteiger partial charge >= 0.3 is 0 Å². The van der Waals surface area contributed by atoms with Gasteiger partial charge in [-0.3, -0.25) is 14.9 Å². The lowest BCUT2D eigenvalue weighted by molar-refractivity contribution is 0.102. The Morgan fingerprint density at radius 3 is 2.69 bits per heavy atom. The van der Waals surface area contributed by atoms with Crippen molar-refractivity contribution in [3.63, 3.8) is 0 Å². The Labute approximate surface area is 183 Å². The van der Waals surface area contributed by atoms with Crippen LogP contribution in [0.25, 0.3) is 10.9 Å². The molecule has 162 valence electrons. The molecule has 2 aromatic carbocycles. The smallest absolute Gasteiger partial charge is 0.256 e. The number of carbonyl (C=O) groups excluding carboxylic acids is 1. The molecule has 0 bridgehead atoms. The van der Waals surface area contributed by atoms with Crippen LogP contribution in [0, 0.1) is 5.82 Å². The number of rotatable bonds is 4. The summed E-state index contributed by atoms with van der Waals surface area (Å²) in [5.41, 5.74) is 2.05. The van der Waals surface area contributed by atoms with E-state index in [1.54, 1.807) is 24.4 Å². The van der Waals surface area contributed by atoms with Crippen LogP contribution in [0.5, 0.6) is 0 Å². The van der Waals surface area contributed by atoms with Crippen molar-refractivity contribution in [2.75, 3.05) is 11.9 Å². The molecule has 0 radical (unpaired) electrons. The van der Waals surface area contributed by atoms with E-state index in [9.17, 15) is 17.6 Å². The van der Waals surface area contributed by atoms with Gasteiger partial charge in [-0.2, -0.15) is 9.40 Å². The molecule has 0 saturated carbocycles. The molecule has 0 fully saturated rings. The molecule has 3 heterocycles. The minimum Gasteiger partial charge on any atom is -0.305 e. The van der Waals surface area contributed by atoms with Gasteiger partial charge in [0, 0.05) is 47.9 Å². The molecule has 4 aromatic rings. The summed E-state index contributed by atoms with van der Waals surface area (Å²) in [6.07, 6.45) is 1.99. The Kier molecular flexibility index (Phi) is 4.95. The highest BCUT2D eigenvalue weighted by Crippen LogP contribution is 2.30. The van der Waals surface area contributed by atoms with Crippen molar-refractivity contribution >= 4 is 32.7 Å². The molecule has 0 saturated heterocycles. The number of aromatic nitrogens is 3. The predicted octanol–water partition coefficient (Wildman–Crippen LogP) is 3.10. The molecule has 5 rings (SSSR count). The standard InChI is InChI=1S/C22H18FN5O3S/c23-16-8-6-15(7-9-16)22(29)25-21-17-13-28(12-10-18(17)26-27-21)32(30,31)19-5-1-3-14-4-2-11-24-20(14)19/h1-9,11H,10,12-13H2,(H2,25,26,27,29). The van der Waals surface area contributed by atoms with Crippen molar-refractivity contribution in [1.82, 2.24) is 19.5 Å². The third-order valence-electron chi connectivity index (χ3n) is 5.45. The molecule has 0 unspecified atom stereocenters. The molecular formula is C22H18FN5O3S. The van der Waals surface area contributed by atoms with E-state index in [4.69, 9.17) is 0 Å². The van der Waals surface area contributed by atoms with Crippen LogP contribution in [0.2, 0.25) is 0 Å². The normalized spacial score (nSPS) is 14.3. The first-order chi connectivity index (χ1) is 15.4. The molecule has 2 N–H and O–H groups in total. The van der Waals surface area contributed by atoms with Crippen LogP contribution < -0.4 is 5.32 Å². The van der Waals surface area contributed by atoms with Crippen molar-refractivity contribution in [2.45, 2.75) is 17.9 Å². The Morgan fingerprint density at radius 1 is 1.09 bits per heavy atom. The summed E-state index contributed by atoms with van der Waals surface area (Å²) >= 11 is 0. The van der Waals surface area contributed by atoms with Gasteiger partial charge in [0.1, 0.15) is 10.7 Å². The molecule has 10 heteroatoms. The molecule has 1 amide bonds. The number of nitrogens with zero attached hydrogens (tertiary/aromatic N) is 3. The fraction of sp³-hybridized carbons (Fsp3) is 0.136. The summed E-state index contributed by atoms with van der Waals surface area (Å²) in [6, 6.07) is 13.8. The highest BCUT2D eigenvalue weighted by Gasteiger charge is 2.32. The van der Waals surface area contributed by atoms with Gasteiger partial charge < -0.3 is 5.32 Å². The molecule has 32 heavy (non-hydrogen) atoms. The highest BCUT2D eigenvalue weighted by atomic mass is 32.2. The number of halogens is 1. The van der Waals surface area contributed by atoms with Crippen molar-refractivity contribution in [1.29, 1.82) is 0 Å². The number of fused-ring (bicyclic) bond motifs is 2. The number of sulfonamides is 1. The number of amides is 1. The van der Waals surface area contributed by atoms with Crippen LogP contribution >= 0.6 is 0 Å². The van der Waals surface area contributed by atoms with Crippen molar-refractivity contribution < 1.29 is 17.6 Å². The number of hydrogen-bond acceptors (Lipinski definition) is 5. The van der Waals surface area contributed by atoms with Crippen LogP contribution in [-0.4, -0.2) is 40.4 Å². The second kappa shape index (κ2) is 7.81. The Hall–Kier alpha value is -3.63. The summed E-state index contributed by atoms with van der Waals surface area (Å²) in [5.74, 6) is -0.648. The number of H-pyrrole nitrogens is 1. The number of pyridine rings is 1. The Bertz CT molecular complexity index is 1430. The largest absolute Gasteiger partial charge is 0.305 e. The van der Waals surface area contributed by atoms with Crippen LogP contribution in [0.15, 0.2) is 65.7 Å². The Morgan fingerprint density at radius 2 is 1.88 bits per heavy atom. The molecule has 0 atom stereocenters. The first-order valence-corrected chi connectivity index (χ1v) is 11.3. The van der Waals surface area contributed by atoms with Crippen LogP contribution in [0.1, 0.15) is 21.6 Å². The maximum absolute atomic E-state index is 13.5. The lowest BCUT2D eigenvalue weighted by Crippen LogP contribution is -2.36. The van der Waals surface area contributed by atoms with Gasteiger partial charge in [-0.25, -0.2) is 12.8 Å². The van der Waals surface area contributed by atoms with E-state index >= 15 is 0 Å². The molecule has 1 aliphatic heterocycles. The van der Waals surface area contributed by atoms with Crippen LogP contribution in [0.3, 0.4) is 0 Å². The van der Waals surface area contributed by atoms with E-state index in [0.29, 0.717) is 17.5 Å². The zero-order valence-corrected chi connectivity index (χ0v) is 17.6. The number of aromatic amines is 1. The average Bonchev–Trinajstić information content (AvgIpc) is 3.21. The monoisotopic (exact) mass is 451 g/mol. The molecule has 0 spiro atoms. The molecule has 0 aliphatic carbocycles. The number of nitrogens with one attached hydrogen (secondary N) is 2. The van der Waals surface area contributed by atoms with E-state index in [-0.39, 0.29) is 29.4 Å². The molecule has 8 nitrogen and oxygen atoms in total. The van der Waals surface area contributed by atoms with E-state index in [2.05, 4.69) is 20.5 Å². The first kappa shape index (κ1) is 20.3. The topological polar surface area (TPSA) is 108 Å². The zero-order valence-electron chi connectivity index (χ0n) is 16.7. The highest BCUT2D eigenvalue weighted by molar-refractivity contribution is 7.89. The molecular weight excluding hydrogens is 433 g/mol. The fourth-order valence-electron chi connectivity index (χ4n) is 3.78. The lowest BCUT2D eigenvalue weighted by Gasteiger charge is -2.26. The minimum absolute atomic E-state index is 0.0520. The Balaban J connectivity index is 1.44. The van der Waals surface area contributed by atoms with Crippen molar-refractivity contribution in [2.24, 2.45) is 0 Å².